The van der Waals surface area contributed by atoms with Gasteiger partial charge in [-0.15, -0.1) is 0 Å². The largest absolute Gasteiger partial charge is 0.493 e. The lowest BCUT2D eigenvalue weighted by atomic mass is 10.2. The van der Waals surface area contributed by atoms with Gasteiger partial charge in [-0.25, -0.2) is 13.8 Å². The van der Waals surface area contributed by atoms with Crippen molar-refractivity contribution in [2.75, 3.05) is 38.7 Å². The maximum Gasteiger partial charge on any atom is 0.224 e. The number of ether oxygens (including phenoxy) is 2. The van der Waals surface area contributed by atoms with Crippen LogP contribution >= 0.6 is 0 Å². The van der Waals surface area contributed by atoms with Gasteiger partial charge in [-0.05, 0) is 37.4 Å². The zero-order chi connectivity index (χ0) is 24.5. The fourth-order valence-electron chi connectivity index (χ4n) is 3.38. The normalized spacial score (nSPS) is 11.0. The highest BCUT2D eigenvalue weighted by Gasteiger charge is 2.14. The number of likely N-dealkylation sites (N-methyl/N-ethyl adjacent to an activating group) is 1. The average Bonchev–Trinajstić information content (AvgIpc) is 3.29. The first-order valence-corrected chi connectivity index (χ1v) is 11.2. The molecule has 0 bridgehead atoms. The second-order valence-corrected chi connectivity index (χ2v) is 7.53. The fourth-order valence-corrected chi connectivity index (χ4v) is 3.38. The molecule has 3 rings (SSSR count). The second kappa shape index (κ2) is 12.1. The van der Waals surface area contributed by atoms with E-state index in [1.165, 1.54) is 12.3 Å². The first-order chi connectivity index (χ1) is 16.4. The number of aryl methyl sites for hydroxylation is 1. The molecule has 0 unspecified atom stereocenters. The Kier molecular flexibility index (Phi) is 8.98. The lowest BCUT2D eigenvalue weighted by Gasteiger charge is -2.19. The summed E-state index contributed by atoms with van der Waals surface area (Å²) in [6.07, 6.45) is 1.68. The van der Waals surface area contributed by atoms with Gasteiger partial charge in [0.1, 0.15) is 18.2 Å². The number of benzene rings is 2. The Morgan fingerprint density at radius 3 is 2.62 bits per heavy atom. The van der Waals surface area contributed by atoms with Crippen LogP contribution in [0.25, 0.3) is 11.3 Å². The molecule has 2 aromatic carbocycles. The van der Waals surface area contributed by atoms with Crippen molar-refractivity contribution in [1.29, 1.82) is 0 Å². The Morgan fingerprint density at radius 1 is 1.12 bits per heavy atom. The van der Waals surface area contributed by atoms with Crippen LogP contribution in [-0.4, -0.2) is 49.1 Å². The number of anilines is 1. The molecule has 7 nitrogen and oxygen atoms in total. The minimum Gasteiger partial charge on any atom is -0.493 e. The van der Waals surface area contributed by atoms with E-state index in [4.69, 9.17) is 13.9 Å². The summed E-state index contributed by atoms with van der Waals surface area (Å²) in [7, 11) is 1.56. The number of rotatable bonds is 12. The van der Waals surface area contributed by atoms with Gasteiger partial charge in [0.15, 0.2) is 23.1 Å². The molecule has 0 atom stereocenters. The van der Waals surface area contributed by atoms with E-state index in [2.05, 4.69) is 29.0 Å². The van der Waals surface area contributed by atoms with Gasteiger partial charge in [0.05, 0.1) is 18.9 Å². The molecule has 0 saturated carbocycles. The van der Waals surface area contributed by atoms with Crippen LogP contribution in [0.5, 0.6) is 11.5 Å². The van der Waals surface area contributed by atoms with Crippen LogP contribution in [-0.2, 0) is 11.2 Å². The Morgan fingerprint density at radius 2 is 1.91 bits per heavy atom. The Balaban J connectivity index is 1.56. The van der Waals surface area contributed by atoms with E-state index in [1.54, 1.807) is 25.3 Å². The van der Waals surface area contributed by atoms with Gasteiger partial charge in [0.25, 0.3) is 0 Å². The van der Waals surface area contributed by atoms with Gasteiger partial charge >= 0.3 is 0 Å². The lowest BCUT2D eigenvalue weighted by Crippen LogP contribution is -2.28. The van der Waals surface area contributed by atoms with Gasteiger partial charge in [-0.1, -0.05) is 13.8 Å². The fraction of sp³-hybridized carbons (Fsp3) is 0.360. The number of oxazole rings is 1. The van der Waals surface area contributed by atoms with Crippen molar-refractivity contribution in [3.8, 4) is 22.8 Å². The number of aromatic nitrogens is 1. The summed E-state index contributed by atoms with van der Waals surface area (Å²) in [5.74, 6) is -0.0710. The zero-order valence-corrected chi connectivity index (χ0v) is 19.6. The Hall–Kier alpha value is -3.46. The monoisotopic (exact) mass is 473 g/mol. The van der Waals surface area contributed by atoms with Crippen LogP contribution in [0.15, 0.2) is 47.0 Å². The summed E-state index contributed by atoms with van der Waals surface area (Å²) in [5.41, 5.74) is 0.682. The summed E-state index contributed by atoms with van der Waals surface area (Å²) < 4.78 is 43.8. The summed E-state index contributed by atoms with van der Waals surface area (Å²) in [5, 5.41) is 2.82. The van der Waals surface area contributed by atoms with Crippen LogP contribution in [0, 0.1) is 11.6 Å². The van der Waals surface area contributed by atoms with Crippen molar-refractivity contribution in [2.24, 2.45) is 0 Å². The number of amides is 1. The predicted molar refractivity (Wildman–Crippen MR) is 125 cm³/mol. The molecule has 1 amide bonds. The van der Waals surface area contributed by atoms with Crippen molar-refractivity contribution < 1.29 is 27.5 Å². The lowest BCUT2D eigenvalue weighted by molar-refractivity contribution is -0.116. The molecular formula is C25H29F2N3O4. The van der Waals surface area contributed by atoms with Gasteiger partial charge in [0, 0.05) is 37.2 Å². The predicted octanol–water partition coefficient (Wildman–Crippen LogP) is 4.92. The Bertz CT molecular complexity index is 1100. The summed E-state index contributed by atoms with van der Waals surface area (Å²) in [4.78, 5) is 18.8. The van der Waals surface area contributed by atoms with Crippen molar-refractivity contribution >= 4 is 11.6 Å². The summed E-state index contributed by atoms with van der Waals surface area (Å²) in [6.45, 7) is 7.36. The number of methoxy groups -OCH3 is 1. The molecule has 0 aliphatic carbocycles. The highest BCUT2D eigenvalue weighted by Crippen LogP contribution is 2.30. The molecule has 0 saturated heterocycles. The van der Waals surface area contributed by atoms with Gasteiger partial charge in [0.2, 0.25) is 5.91 Å². The van der Waals surface area contributed by atoms with Crippen LogP contribution in [0.1, 0.15) is 26.2 Å². The second-order valence-electron chi connectivity index (χ2n) is 7.53. The number of nitrogens with zero attached hydrogens (tertiary/aromatic N) is 2. The number of halogens is 2. The van der Waals surface area contributed by atoms with E-state index >= 15 is 0 Å². The smallest absolute Gasteiger partial charge is 0.224 e. The molecule has 0 spiro atoms. The standard InChI is InChI=1S/C25H29F2N3O4/c1-4-30(5-2)12-13-33-22-15-18(7-9-21(22)32-3)29-24(31)10-11-25-28-16-23(34-25)19-8-6-17(26)14-20(19)27/h6-9,14-16H,4-5,10-13H2,1-3H3,(H,29,31). The molecule has 0 aliphatic heterocycles. The van der Waals surface area contributed by atoms with E-state index < -0.39 is 11.6 Å². The van der Waals surface area contributed by atoms with E-state index in [9.17, 15) is 13.6 Å². The first kappa shape index (κ1) is 25.2. The maximum absolute atomic E-state index is 13.9. The third-order valence-corrected chi connectivity index (χ3v) is 5.32. The topological polar surface area (TPSA) is 76.8 Å². The molecular weight excluding hydrogens is 444 g/mol. The number of carbonyl (C=O) groups is 1. The number of carbonyl (C=O) groups excluding carboxylic acids is 1. The molecule has 34 heavy (non-hydrogen) atoms. The molecule has 1 N–H and O–H groups in total. The first-order valence-electron chi connectivity index (χ1n) is 11.2. The number of hydrogen-bond donors (Lipinski definition) is 1. The van der Waals surface area contributed by atoms with Gasteiger partial charge in [-0.2, -0.15) is 0 Å². The average molecular weight is 474 g/mol. The number of nitrogens with one attached hydrogen (secondary N) is 1. The summed E-state index contributed by atoms with van der Waals surface area (Å²) in [6, 6.07) is 8.40. The summed E-state index contributed by atoms with van der Waals surface area (Å²) >= 11 is 0. The molecule has 0 radical (unpaired) electrons. The number of hydrogen-bond acceptors (Lipinski definition) is 6. The zero-order valence-electron chi connectivity index (χ0n) is 19.6. The molecule has 182 valence electrons. The maximum atomic E-state index is 13.9. The highest BCUT2D eigenvalue weighted by molar-refractivity contribution is 5.91. The third-order valence-electron chi connectivity index (χ3n) is 5.32. The van der Waals surface area contributed by atoms with Crippen molar-refractivity contribution in [2.45, 2.75) is 26.7 Å². The van der Waals surface area contributed by atoms with Crippen LogP contribution in [0.4, 0.5) is 14.5 Å². The third kappa shape index (κ3) is 6.77. The molecule has 0 aliphatic rings. The van der Waals surface area contributed by atoms with Gasteiger partial charge < -0.3 is 24.1 Å². The van der Waals surface area contributed by atoms with Crippen molar-refractivity contribution in [3.05, 3.63) is 60.1 Å². The van der Waals surface area contributed by atoms with Crippen molar-refractivity contribution in [1.82, 2.24) is 9.88 Å². The minimum atomic E-state index is -0.741. The quantitative estimate of drug-likeness (QED) is 0.402. The molecule has 9 heteroatoms. The Labute approximate surface area is 197 Å². The molecule has 0 fully saturated rings. The van der Waals surface area contributed by atoms with E-state index in [0.717, 1.165) is 31.8 Å². The highest BCUT2D eigenvalue weighted by atomic mass is 19.1. The molecule has 1 heterocycles. The SMILES string of the molecule is CCN(CC)CCOc1cc(NC(=O)CCc2ncc(-c3ccc(F)cc3F)o2)ccc1OC. The molecule has 1 aromatic heterocycles. The van der Waals surface area contributed by atoms with Gasteiger partial charge in [-0.3, -0.25) is 4.79 Å². The van der Waals surface area contributed by atoms with Crippen molar-refractivity contribution in [3.63, 3.8) is 0 Å². The molecule has 3 aromatic rings. The minimum absolute atomic E-state index is 0.107. The van der Waals surface area contributed by atoms with Crippen LogP contribution in [0.2, 0.25) is 0 Å². The van der Waals surface area contributed by atoms with E-state index in [1.807, 2.05) is 0 Å². The van der Waals surface area contributed by atoms with Crippen LogP contribution in [0.3, 0.4) is 0 Å². The van der Waals surface area contributed by atoms with E-state index in [-0.39, 0.29) is 36.0 Å². The van der Waals surface area contributed by atoms with Crippen LogP contribution < -0.4 is 14.8 Å². The van der Waals surface area contributed by atoms with E-state index in [0.29, 0.717) is 23.8 Å².